The van der Waals surface area contributed by atoms with Gasteiger partial charge in [0.25, 0.3) is 5.91 Å². The van der Waals surface area contributed by atoms with E-state index in [1.807, 2.05) is 42.5 Å². The van der Waals surface area contributed by atoms with Crippen LogP contribution in [0.4, 0.5) is 5.69 Å². The molecule has 0 saturated heterocycles. The van der Waals surface area contributed by atoms with E-state index in [0.29, 0.717) is 5.56 Å². The van der Waals surface area contributed by atoms with Gasteiger partial charge >= 0.3 is 0 Å². The summed E-state index contributed by atoms with van der Waals surface area (Å²) in [5.74, 6) is 0.0412. The van der Waals surface area contributed by atoms with Crippen molar-refractivity contribution in [2.75, 3.05) is 5.32 Å². The SMILES string of the molecule is O=C(Nc1ccc([C@H]2CC2(Cl)Cl)cc1)c1ccccc1Br. The van der Waals surface area contributed by atoms with E-state index in [0.717, 1.165) is 22.1 Å². The largest absolute Gasteiger partial charge is 0.322 e. The van der Waals surface area contributed by atoms with Gasteiger partial charge in [-0.25, -0.2) is 0 Å². The van der Waals surface area contributed by atoms with Gasteiger partial charge in [0.2, 0.25) is 0 Å². The van der Waals surface area contributed by atoms with Gasteiger partial charge in [-0.3, -0.25) is 4.79 Å². The topological polar surface area (TPSA) is 29.1 Å². The van der Waals surface area contributed by atoms with Gasteiger partial charge in [-0.05, 0) is 52.2 Å². The number of benzene rings is 2. The van der Waals surface area contributed by atoms with Gasteiger partial charge in [0.15, 0.2) is 0 Å². The van der Waals surface area contributed by atoms with Crippen molar-refractivity contribution >= 4 is 50.7 Å². The van der Waals surface area contributed by atoms with Crippen LogP contribution < -0.4 is 5.32 Å². The summed E-state index contributed by atoms with van der Waals surface area (Å²) in [4.78, 5) is 12.2. The first-order valence-electron chi connectivity index (χ1n) is 6.51. The summed E-state index contributed by atoms with van der Waals surface area (Å²) in [6.45, 7) is 0. The normalized spacial score (nSPS) is 19.1. The third-order valence-electron chi connectivity index (χ3n) is 3.52. The van der Waals surface area contributed by atoms with Crippen molar-refractivity contribution < 1.29 is 4.79 Å². The molecule has 0 heterocycles. The highest BCUT2D eigenvalue weighted by molar-refractivity contribution is 9.10. The van der Waals surface area contributed by atoms with Crippen LogP contribution in [0, 0.1) is 0 Å². The van der Waals surface area contributed by atoms with Crippen molar-refractivity contribution in [3.8, 4) is 0 Å². The lowest BCUT2D eigenvalue weighted by Gasteiger charge is -2.08. The van der Waals surface area contributed by atoms with Crippen LogP contribution in [-0.4, -0.2) is 10.2 Å². The predicted molar refractivity (Wildman–Crippen MR) is 90.3 cm³/mol. The fourth-order valence-electron chi connectivity index (χ4n) is 2.22. The summed E-state index contributed by atoms with van der Waals surface area (Å²) < 4.78 is 0.144. The summed E-state index contributed by atoms with van der Waals surface area (Å²) in [6, 6.07) is 14.9. The van der Waals surface area contributed by atoms with Crippen LogP contribution in [0.3, 0.4) is 0 Å². The Morgan fingerprint density at radius 2 is 1.76 bits per heavy atom. The monoisotopic (exact) mass is 383 g/mol. The maximum Gasteiger partial charge on any atom is 0.256 e. The third-order valence-corrected chi connectivity index (χ3v) is 5.04. The molecule has 0 spiro atoms. The summed E-state index contributed by atoms with van der Waals surface area (Å²) in [7, 11) is 0. The lowest BCUT2D eigenvalue weighted by atomic mass is 10.1. The zero-order valence-electron chi connectivity index (χ0n) is 10.9. The van der Waals surface area contributed by atoms with Gasteiger partial charge in [-0.1, -0.05) is 24.3 Å². The third kappa shape index (κ3) is 3.25. The first-order chi connectivity index (χ1) is 9.97. The zero-order valence-corrected chi connectivity index (χ0v) is 14.0. The van der Waals surface area contributed by atoms with E-state index in [1.165, 1.54) is 0 Å². The van der Waals surface area contributed by atoms with Gasteiger partial charge in [0.05, 0.1) is 5.56 Å². The second kappa shape index (κ2) is 5.64. The smallest absolute Gasteiger partial charge is 0.256 e. The van der Waals surface area contributed by atoms with E-state index >= 15 is 0 Å². The molecule has 1 saturated carbocycles. The highest BCUT2D eigenvalue weighted by Crippen LogP contribution is 2.59. The van der Waals surface area contributed by atoms with Crippen LogP contribution in [0.25, 0.3) is 0 Å². The quantitative estimate of drug-likeness (QED) is 0.708. The first kappa shape index (κ1) is 14.9. The Balaban J connectivity index is 1.71. The maximum absolute atomic E-state index is 12.2. The molecule has 0 bridgehead atoms. The molecule has 1 atom stereocenters. The second-order valence-corrected chi connectivity index (χ2v) is 7.47. The van der Waals surface area contributed by atoms with Gasteiger partial charge in [0, 0.05) is 16.1 Å². The number of hydrogen-bond donors (Lipinski definition) is 1. The molecular weight excluding hydrogens is 373 g/mol. The molecule has 1 aliphatic rings. The van der Waals surface area contributed by atoms with Crippen molar-refractivity contribution in [2.45, 2.75) is 16.7 Å². The number of carbonyl (C=O) groups is 1. The fraction of sp³-hybridized carbons (Fsp3) is 0.188. The lowest BCUT2D eigenvalue weighted by molar-refractivity contribution is 0.102. The molecule has 2 aromatic carbocycles. The summed E-state index contributed by atoms with van der Waals surface area (Å²) in [6.07, 6.45) is 0.777. The molecule has 0 radical (unpaired) electrons. The van der Waals surface area contributed by atoms with E-state index in [4.69, 9.17) is 23.2 Å². The van der Waals surface area contributed by atoms with Gasteiger partial charge in [-0.15, -0.1) is 23.2 Å². The van der Waals surface area contributed by atoms with Crippen LogP contribution in [0.1, 0.15) is 28.3 Å². The maximum atomic E-state index is 12.2. The standard InChI is InChI=1S/C16H12BrCl2NO/c17-14-4-2-1-3-12(14)15(21)20-11-7-5-10(6-8-11)13-9-16(13,18)19/h1-8,13H,9H2,(H,20,21)/t13-/m1/s1. The van der Waals surface area contributed by atoms with Gasteiger partial charge < -0.3 is 5.32 Å². The number of alkyl halides is 2. The molecule has 3 rings (SSSR count). The highest BCUT2D eigenvalue weighted by atomic mass is 79.9. The Labute approximate surface area is 141 Å². The van der Waals surface area contributed by atoms with Crippen molar-refractivity contribution in [3.63, 3.8) is 0 Å². The molecule has 0 unspecified atom stereocenters. The molecule has 1 fully saturated rings. The molecule has 2 aromatic rings. The van der Waals surface area contributed by atoms with Crippen molar-refractivity contribution in [1.82, 2.24) is 0 Å². The first-order valence-corrected chi connectivity index (χ1v) is 8.06. The zero-order chi connectivity index (χ0) is 15.0. The molecule has 1 aliphatic carbocycles. The molecule has 1 N–H and O–H groups in total. The molecule has 21 heavy (non-hydrogen) atoms. The van der Waals surface area contributed by atoms with Crippen LogP contribution in [0.2, 0.25) is 0 Å². The molecular formula is C16H12BrCl2NO. The lowest BCUT2D eigenvalue weighted by Crippen LogP contribution is -2.12. The minimum Gasteiger partial charge on any atom is -0.322 e. The molecule has 1 amide bonds. The van der Waals surface area contributed by atoms with Gasteiger partial charge in [-0.2, -0.15) is 0 Å². The molecule has 2 nitrogen and oxygen atoms in total. The molecule has 108 valence electrons. The Bertz CT molecular complexity index is 685. The number of anilines is 1. The Morgan fingerprint density at radius 1 is 1.14 bits per heavy atom. The Kier molecular flexibility index (Phi) is 4.00. The second-order valence-electron chi connectivity index (χ2n) is 5.07. The average Bonchev–Trinajstić information content (AvgIpc) is 3.09. The van der Waals surface area contributed by atoms with Crippen LogP contribution in [-0.2, 0) is 0 Å². The minimum absolute atomic E-state index is 0.148. The fourth-order valence-corrected chi connectivity index (χ4v) is 3.24. The number of halogens is 3. The van der Waals surface area contributed by atoms with Crippen LogP contribution >= 0.6 is 39.1 Å². The Hall–Kier alpha value is -1.03. The number of amides is 1. The number of nitrogens with one attached hydrogen (secondary N) is 1. The Morgan fingerprint density at radius 3 is 2.33 bits per heavy atom. The molecule has 0 aromatic heterocycles. The molecule has 0 aliphatic heterocycles. The van der Waals surface area contributed by atoms with Crippen molar-refractivity contribution in [2.24, 2.45) is 0 Å². The number of carbonyl (C=O) groups excluding carboxylic acids is 1. The summed E-state index contributed by atoms with van der Waals surface area (Å²) >= 11 is 15.5. The van der Waals surface area contributed by atoms with E-state index in [9.17, 15) is 4.79 Å². The summed E-state index contributed by atoms with van der Waals surface area (Å²) in [5, 5.41) is 2.87. The average molecular weight is 385 g/mol. The van der Waals surface area contributed by atoms with E-state index in [1.54, 1.807) is 6.07 Å². The van der Waals surface area contributed by atoms with E-state index in [2.05, 4.69) is 21.2 Å². The van der Waals surface area contributed by atoms with E-state index in [-0.39, 0.29) is 11.8 Å². The van der Waals surface area contributed by atoms with Crippen LogP contribution in [0.15, 0.2) is 53.0 Å². The highest BCUT2D eigenvalue weighted by Gasteiger charge is 2.52. The van der Waals surface area contributed by atoms with Gasteiger partial charge in [0.1, 0.15) is 4.33 Å². The summed E-state index contributed by atoms with van der Waals surface area (Å²) in [5.41, 5.74) is 2.44. The number of rotatable bonds is 3. The van der Waals surface area contributed by atoms with E-state index < -0.39 is 4.33 Å². The van der Waals surface area contributed by atoms with Crippen LogP contribution in [0.5, 0.6) is 0 Å². The van der Waals surface area contributed by atoms with Crippen molar-refractivity contribution in [3.05, 3.63) is 64.1 Å². The molecule has 5 heteroatoms. The van der Waals surface area contributed by atoms with Crippen molar-refractivity contribution in [1.29, 1.82) is 0 Å². The number of hydrogen-bond acceptors (Lipinski definition) is 1. The minimum atomic E-state index is -0.625. The predicted octanol–water partition coefficient (Wildman–Crippen LogP) is 5.36.